The monoisotopic (exact) mass is 261 g/mol. The van der Waals surface area contributed by atoms with Crippen LogP contribution in [0.2, 0.25) is 0 Å². The third-order valence-corrected chi connectivity index (χ3v) is 3.36. The Morgan fingerprint density at radius 1 is 1.00 bits per heavy atom. The Balaban J connectivity index is 2.10. The van der Waals surface area contributed by atoms with Crippen molar-refractivity contribution in [1.82, 2.24) is 9.55 Å². The summed E-state index contributed by atoms with van der Waals surface area (Å²) in [5, 5.41) is 8.72. The highest BCUT2D eigenvalue weighted by atomic mass is 15.1. The van der Waals surface area contributed by atoms with Gasteiger partial charge >= 0.3 is 0 Å². The van der Waals surface area contributed by atoms with Gasteiger partial charge in [0.15, 0.2) is 0 Å². The predicted octanol–water partition coefficient (Wildman–Crippen LogP) is 4.01. The van der Waals surface area contributed by atoms with E-state index in [0.29, 0.717) is 6.42 Å². The van der Waals surface area contributed by atoms with Crippen LogP contribution in [0.5, 0.6) is 0 Å². The summed E-state index contributed by atoms with van der Waals surface area (Å²) in [6, 6.07) is 20.5. The second kappa shape index (κ2) is 5.58. The zero-order valence-electron chi connectivity index (χ0n) is 11.2. The molecule has 20 heavy (non-hydrogen) atoms. The van der Waals surface area contributed by atoms with Crippen molar-refractivity contribution in [3.05, 3.63) is 54.6 Å². The zero-order chi connectivity index (χ0) is 13.8. The molecule has 3 heteroatoms. The van der Waals surface area contributed by atoms with Crippen LogP contribution in [0.25, 0.3) is 22.4 Å². The smallest absolute Gasteiger partial charge is 0.141 e. The molecule has 2 aromatic carbocycles. The molecular formula is C17H15N3. The van der Waals surface area contributed by atoms with Crippen molar-refractivity contribution in [3.63, 3.8) is 0 Å². The molecule has 1 heterocycles. The SMILES string of the molecule is N#CCCCn1c(-c2ccccc2)nc2ccccc21. The second-order valence-electron chi connectivity index (χ2n) is 4.70. The number of para-hydroxylation sites is 2. The molecule has 0 saturated carbocycles. The number of imidazole rings is 1. The number of hydrogen-bond acceptors (Lipinski definition) is 2. The fourth-order valence-electron chi connectivity index (χ4n) is 2.43. The van der Waals surface area contributed by atoms with Crippen LogP contribution in [0.1, 0.15) is 12.8 Å². The normalized spacial score (nSPS) is 10.6. The van der Waals surface area contributed by atoms with Crippen LogP contribution in [0.4, 0.5) is 0 Å². The van der Waals surface area contributed by atoms with E-state index in [-0.39, 0.29) is 0 Å². The summed E-state index contributed by atoms with van der Waals surface area (Å²) in [5.74, 6) is 0.977. The maximum atomic E-state index is 8.72. The molecule has 3 nitrogen and oxygen atoms in total. The van der Waals surface area contributed by atoms with Gasteiger partial charge in [0, 0.05) is 18.5 Å². The topological polar surface area (TPSA) is 41.6 Å². The average Bonchev–Trinajstić information content (AvgIpc) is 2.87. The number of unbranched alkanes of at least 4 members (excludes halogenated alkanes) is 1. The number of fused-ring (bicyclic) bond motifs is 1. The first-order valence-corrected chi connectivity index (χ1v) is 6.78. The van der Waals surface area contributed by atoms with Crippen LogP contribution in [0.3, 0.4) is 0 Å². The van der Waals surface area contributed by atoms with Gasteiger partial charge in [-0.05, 0) is 18.6 Å². The molecule has 3 aromatic rings. The first-order chi connectivity index (χ1) is 9.90. The highest BCUT2D eigenvalue weighted by molar-refractivity contribution is 5.80. The summed E-state index contributed by atoms with van der Waals surface area (Å²) in [4.78, 5) is 4.74. The molecule has 0 spiro atoms. The summed E-state index contributed by atoms with van der Waals surface area (Å²) in [7, 11) is 0. The lowest BCUT2D eigenvalue weighted by Crippen LogP contribution is -2.00. The molecule has 1 aromatic heterocycles. The molecule has 0 aliphatic carbocycles. The predicted molar refractivity (Wildman–Crippen MR) is 80.0 cm³/mol. The lowest BCUT2D eigenvalue weighted by atomic mass is 10.2. The Morgan fingerprint density at radius 3 is 2.55 bits per heavy atom. The van der Waals surface area contributed by atoms with Crippen molar-refractivity contribution < 1.29 is 0 Å². The highest BCUT2D eigenvalue weighted by Crippen LogP contribution is 2.25. The molecule has 3 rings (SSSR count). The minimum atomic E-state index is 0.570. The quantitative estimate of drug-likeness (QED) is 0.666. The lowest BCUT2D eigenvalue weighted by Gasteiger charge is -2.08. The number of nitrogens with zero attached hydrogens (tertiary/aromatic N) is 3. The van der Waals surface area contributed by atoms with Gasteiger partial charge in [0.1, 0.15) is 5.82 Å². The minimum absolute atomic E-state index is 0.570. The van der Waals surface area contributed by atoms with E-state index in [4.69, 9.17) is 10.2 Å². The highest BCUT2D eigenvalue weighted by Gasteiger charge is 2.11. The number of benzene rings is 2. The van der Waals surface area contributed by atoms with Gasteiger partial charge in [-0.1, -0.05) is 42.5 Å². The first kappa shape index (κ1) is 12.4. The van der Waals surface area contributed by atoms with Gasteiger partial charge in [-0.2, -0.15) is 5.26 Å². The van der Waals surface area contributed by atoms with E-state index in [0.717, 1.165) is 35.4 Å². The Labute approximate surface area is 118 Å². The third kappa shape index (κ3) is 2.28. The summed E-state index contributed by atoms with van der Waals surface area (Å²) < 4.78 is 2.21. The van der Waals surface area contributed by atoms with Crippen LogP contribution in [-0.2, 0) is 6.54 Å². The summed E-state index contributed by atoms with van der Waals surface area (Å²) in [5.41, 5.74) is 3.24. The van der Waals surface area contributed by atoms with Crippen LogP contribution in [0, 0.1) is 11.3 Å². The maximum absolute atomic E-state index is 8.72. The van der Waals surface area contributed by atoms with Gasteiger partial charge in [0.2, 0.25) is 0 Å². The molecule has 0 amide bonds. The minimum Gasteiger partial charge on any atom is -0.324 e. The van der Waals surface area contributed by atoms with Gasteiger partial charge in [-0.3, -0.25) is 0 Å². The van der Waals surface area contributed by atoms with Gasteiger partial charge < -0.3 is 4.57 Å². The average molecular weight is 261 g/mol. The van der Waals surface area contributed by atoms with Gasteiger partial charge in [0.25, 0.3) is 0 Å². The number of hydrogen-bond donors (Lipinski definition) is 0. The first-order valence-electron chi connectivity index (χ1n) is 6.78. The Hall–Kier alpha value is -2.60. The van der Waals surface area contributed by atoms with Crippen LogP contribution < -0.4 is 0 Å². The Morgan fingerprint density at radius 2 is 1.75 bits per heavy atom. The van der Waals surface area contributed by atoms with Crippen LogP contribution in [-0.4, -0.2) is 9.55 Å². The fraction of sp³-hybridized carbons (Fsp3) is 0.176. The molecule has 0 radical (unpaired) electrons. The summed E-state index contributed by atoms with van der Waals surface area (Å²) in [6.45, 7) is 0.818. The molecule has 0 aliphatic rings. The maximum Gasteiger partial charge on any atom is 0.141 e. The standard InChI is InChI=1S/C17H15N3/c18-12-6-7-13-20-16-11-5-4-10-15(16)19-17(20)14-8-2-1-3-9-14/h1-5,8-11H,6-7,13H2. The molecule has 0 N–H and O–H groups in total. The van der Waals surface area contributed by atoms with E-state index < -0.39 is 0 Å². The molecule has 0 saturated heterocycles. The van der Waals surface area contributed by atoms with Crippen molar-refractivity contribution >= 4 is 11.0 Å². The van der Waals surface area contributed by atoms with E-state index in [2.05, 4.69) is 28.8 Å². The Kier molecular flexibility index (Phi) is 3.47. The number of nitriles is 1. The largest absolute Gasteiger partial charge is 0.324 e. The van der Waals surface area contributed by atoms with E-state index in [1.54, 1.807) is 0 Å². The molecule has 0 bridgehead atoms. The van der Waals surface area contributed by atoms with E-state index in [1.165, 1.54) is 0 Å². The van der Waals surface area contributed by atoms with E-state index >= 15 is 0 Å². The fourth-order valence-corrected chi connectivity index (χ4v) is 2.43. The van der Waals surface area contributed by atoms with Crippen LogP contribution >= 0.6 is 0 Å². The third-order valence-electron chi connectivity index (χ3n) is 3.36. The molecule has 98 valence electrons. The van der Waals surface area contributed by atoms with Crippen molar-refractivity contribution in [3.8, 4) is 17.5 Å². The Bertz CT molecular complexity index is 751. The van der Waals surface area contributed by atoms with E-state index in [1.807, 2.05) is 36.4 Å². The molecule has 0 aliphatic heterocycles. The number of aromatic nitrogens is 2. The van der Waals surface area contributed by atoms with Gasteiger partial charge in [-0.25, -0.2) is 4.98 Å². The number of aryl methyl sites for hydroxylation is 1. The van der Waals surface area contributed by atoms with Crippen molar-refractivity contribution in [2.75, 3.05) is 0 Å². The van der Waals surface area contributed by atoms with Gasteiger partial charge in [-0.15, -0.1) is 0 Å². The molecule has 0 unspecified atom stereocenters. The van der Waals surface area contributed by atoms with Crippen molar-refractivity contribution in [2.24, 2.45) is 0 Å². The number of rotatable bonds is 4. The summed E-state index contributed by atoms with van der Waals surface area (Å²) >= 11 is 0. The van der Waals surface area contributed by atoms with E-state index in [9.17, 15) is 0 Å². The summed E-state index contributed by atoms with van der Waals surface area (Å²) in [6.07, 6.45) is 1.41. The van der Waals surface area contributed by atoms with Crippen LogP contribution in [0.15, 0.2) is 54.6 Å². The molecular weight excluding hydrogens is 246 g/mol. The zero-order valence-corrected chi connectivity index (χ0v) is 11.2. The lowest BCUT2D eigenvalue weighted by molar-refractivity contribution is 0.675. The second-order valence-corrected chi connectivity index (χ2v) is 4.70. The van der Waals surface area contributed by atoms with Gasteiger partial charge in [0.05, 0.1) is 17.1 Å². The molecule has 0 atom stereocenters. The molecule has 0 fully saturated rings. The van der Waals surface area contributed by atoms with Crippen molar-refractivity contribution in [1.29, 1.82) is 5.26 Å². The van der Waals surface area contributed by atoms with Crippen molar-refractivity contribution in [2.45, 2.75) is 19.4 Å².